The Labute approximate surface area is 72.8 Å². The third-order valence-corrected chi connectivity index (χ3v) is 1.73. The second kappa shape index (κ2) is 3.15. The number of aliphatic hydroxyl groups is 1. The van der Waals surface area contributed by atoms with Gasteiger partial charge in [-0.1, -0.05) is 12.1 Å². The molecule has 0 unspecified atom stereocenters. The van der Waals surface area contributed by atoms with E-state index in [1.807, 2.05) is 12.1 Å². The van der Waals surface area contributed by atoms with Crippen molar-refractivity contribution in [3.8, 4) is 5.75 Å². The molecule has 1 aromatic rings. The second-order valence-electron chi connectivity index (χ2n) is 3.23. The maximum absolute atomic E-state index is 9.60. The van der Waals surface area contributed by atoms with Crippen LogP contribution in [0.4, 0.5) is 0 Å². The maximum Gasteiger partial charge on any atom is 0.122 e. The fourth-order valence-corrected chi connectivity index (χ4v) is 0.959. The molecule has 0 aliphatic carbocycles. The minimum atomic E-state index is -0.792. The third-order valence-electron chi connectivity index (χ3n) is 1.73. The summed E-state index contributed by atoms with van der Waals surface area (Å²) in [4.78, 5) is 0. The molecule has 0 bridgehead atoms. The first kappa shape index (κ1) is 9.07. The van der Waals surface area contributed by atoms with Crippen LogP contribution in [0.5, 0.6) is 5.75 Å². The summed E-state index contributed by atoms with van der Waals surface area (Å²) in [5, 5.41) is 9.60. The average Bonchev–Trinajstić information content (AvgIpc) is 2.03. The quantitative estimate of drug-likeness (QED) is 0.727. The molecule has 65 valence electrons. The highest BCUT2D eigenvalue weighted by molar-refractivity contribution is 5.30. The van der Waals surface area contributed by atoms with Crippen molar-refractivity contribution in [2.24, 2.45) is 0 Å². The summed E-state index contributed by atoms with van der Waals surface area (Å²) in [5.74, 6) is 0.697. The Bertz CT molecular complexity index is 244. The Balaban J connectivity index is 2.93. The van der Waals surface area contributed by atoms with Crippen LogP contribution < -0.4 is 4.74 Å². The highest BCUT2D eigenvalue weighted by Gasteiger charge is 2.14. The van der Waals surface area contributed by atoms with Gasteiger partial charge in [-0.15, -0.1) is 0 Å². The molecule has 1 rings (SSSR count). The van der Waals surface area contributed by atoms with Crippen LogP contribution in [0.3, 0.4) is 0 Å². The van der Waals surface area contributed by atoms with Crippen LogP contribution in [0.2, 0.25) is 0 Å². The molecule has 0 aromatic heterocycles. The lowest BCUT2D eigenvalue weighted by atomic mass is 9.99. The van der Waals surface area contributed by atoms with Crippen LogP contribution in [0, 0.1) is 7.11 Å². The Hall–Kier alpha value is -1.02. The van der Waals surface area contributed by atoms with E-state index >= 15 is 0 Å². The molecule has 1 N–H and O–H groups in total. The minimum Gasteiger partial charge on any atom is -0.490 e. The van der Waals surface area contributed by atoms with Gasteiger partial charge in [0.25, 0.3) is 0 Å². The van der Waals surface area contributed by atoms with Crippen LogP contribution in [-0.4, -0.2) is 5.11 Å². The molecule has 0 amide bonds. The van der Waals surface area contributed by atoms with Crippen LogP contribution in [0.15, 0.2) is 24.3 Å². The molecule has 1 aromatic carbocycles. The largest absolute Gasteiger partial charge is 0.490 e. The molecule has 0 aliphatic rings. The van der Waals surface area contributed by atoms with Crippen molar-refractivity contribution in [3.63, 3.8) is 0 Å². The smallest absolute Gasteiger partial charge is 0.122 e. The lowest BCUT2D eigenvalue weighted by Gasteiger charge is -2.17. The molecule has 2 heteroatoms. The van der Waals surface area contributed by atoms with E-state index in [0.717, 1.165) is 5.56 Å². The molecule has 0 heterocycles. The minimum absolute atomic E-state index is 0.697. The van der Waals surface area contributed by atoms with Gasteiger partial charge in [-0.25, -0.2) is 0 Å². The van der Waals surface area contributed by atoms with Crippen molar-refractivity contribution in [1.29, 1.82) is 0 Å². The Morgan fingerprint density at radius 1 is 1.25 bits per heavy atom. The maximum atomic E-state index is 9.60. The summed E-state index contributed by atoms with van der Waals surface area (Å²) in [6.07, 6.45) is 0. The molecule has 2 nitrogen and oxygen atoms in total. The highest BCUT2D eigenvalue weighted by Crippen LogP contribution is 2.21. The van der Waals surface area contributed by atoms with E-state index in [-0.39, 0.29) is 0 Å². The monoisotopic (exact) mass is 165 g/mol. The van der Waals surface area contributed by atoms with Crippen LogP contribution in [0.1, 0.15) is 19.4 Å². The van der Waals surface area contributed by atoms with Gasteiger partial charge in [-0.3, -0.25) is 0 Å². The van der Waals surface area contributed by atoms with Gasteiger partial charge in [0.2, 0.25) is 0 Å². The normalized spacial score (nSPS) is 11.3. The molecular weight excluding hydrogens is 152 g/mol. The van der Waals surface area contributed by atoms with Gasteiger partial charge in [0, 0.05) is 0 Å². The molecule has 0 fully saturated rings. The van der Waals surface area contributed by atoms with Crippen molar-refractivity contribution < 1.29 is 9.84 Å². The Morgan fingerprint density at radius 2 is 1.75 bits per heavy atom. The average molecular weight is 165 g/mol. The Morgan fingerprint density at radius 3 is 2.08 bits per heavy atom. The number of ether oxygens (including phenoxy) is 1. The van der Waals surface area contributed by atoms with Gasteiger partial charge in [-0.2, -0.15) is 0 Å². The zero-order chi connectivity index (χ0) is 9.19. The highest BCUT2D eigenvalue weighted by atomic mass is 16.5. The number of hydrogen-bond acceptors (Lipinski definition) is 2. The summed E-state index contributed by atoms with van der Waals surface area (Å²) in [5.41, 5.74) is 0.0722. The fourth-order valence-electron chi connectivity index (χ4n) is 0.959. The first-order chi connectivity index (χ1) is 5.54. The van der Waals surface area contributed by atoms with Gasteiger partial charge in [-0.05, 0) is 31.5 Å². The SMILES string of the molecule is [CH2]Oc1ccc(C(C)(C)O)cc1. The van der Waals surface area contributed by atoms with Gasteiger partial charge in [0.1, 0.15) is 12.9 Å². The zero-order valence-electron chi connectivity index (χ0n) is 7.37. The first-order valence-corrected chi connectivity index (χ1v) is 3.79. The molecule has 12 heavy (non-hydrogen) atoms. The van der Waals surface area contributed by atoms with E-state index in [1.54, 1.807) is 26.0 Å². The molecule has 0 atom stereocenters. The van der Waals surface area contributed by atoms with Crippen molar-refractivity contribution in [2.45, 2.75) is 19.4 Å². The number of hydrogen-bond donors (Lipinski definition) is 1. The first-order valence-electron chi connectivity index (χ1n) is 3.79. The molecule has 0 spiro atoms. The van der Waals surface area contributed by atoms with Crippen molar-refractivity contribution >= 4 is 0 Å². The third kappa shape index (κ3) is 1.98. The molecule has 0 aliphatic heterocycles. The van der Waals surface area contributed by atoms with Crippen LogP contribution in [-0.2, 0) is 5.60 Å². The summed E-state index contributed by atoms with van der Waals surface area (Å²) in [7, 11) is 3.29. The summed E-state index contributed by atoms with van der Waals surface area (Å²) < 4.78 is 4.75. The van der Waals surface area contributed by atoms with E-state index in [4.69, 9.17) is 4.74 Å². The van der Waals surface area contributed by atoms with Crippen LogP contribution >= 0.6 is 0 Å². The second-order valence-corrected chi connectivity index (χ2v) is 3.23. The van der Waals surface area contributed by atoms with E-state index in [9.17, 15) is 5.11 Å². The standard InChI is InChI=1S/C10H13O2/c1-10(2,11)8-4-6-9(12-3)7-5-8/h4-7,11H,3H2,1-2H3. The molecule has 0 saturated carbocycles. The van der Waals surface area contributed by atoms with Gasteiger partial charge >= 0.3 is 0 Å². The topological polar surface area (TPSA) is 29.5 Å². The summed E-state index contributed by atoms with van der Waals surface area (Å²) >= 11 is 0. The number of rotatable bonds is 2. The Kier molecular flexibility index (Phi) is 2.38. The fraction of sp³-hybridized carbons (Fsp3) is 0.300. The number of benzene rings is 1. The zero-order valence-corrected chi connectivity index (χ0v) is 7.37. The van der Waals surface area contributed by atoms with E-state index in [1.165, 1.54) is 0 Å². The molecule has 0 saturated heterocycles. The lowest BCUT2D eigenvalue weighted by molar-refractivity contribution is 0.0785. The predicted octanol–water partition coefficient (Wildman–Crippen LogP) is 2.08. The predicted molar refractivity (Wildman–Crippen MR) is 47.7 cm³/mol. The summed E-state index contributed by atoms with van der Waals surface area (Å²) in [6.45, 7) is 3.49. The van der Waals surface area contributed by atoms with E-state index in [0.29, 0.717) is 5.75 Å². The van der Waals surface area contributed by atoms with Gasteiger partial charge in [0.05, 0.1) is 5.60 Å². The lowest BCUT2D eigenvalue weighted by Crippen LogP contribution is -2.14. The van der Waals surface area contributed by atoms with Crippen molar-refractivity contribution in [3.05, 3.63) is 36.9 Å². The van der Waals surface area contributed by atoms with Crippen molar-refractivity contribution in [1.82, 2.24) is 0 Å². The molecular formula is C10H13O2. The van der Waals surface area contributed by atoms with Gasteiger partial charge in [0.15, 0.2) is 0 Å². The van der Waals surface area contributed by atoms with Crippen molar-refractivity contribution in [2.75, 3.05) is 0 Å². The molecule has 1 radical (unpaired) electrons. The van der Waals surface area contributed by atoms with Gasteiger partial charge < -0.3 is 9.84 Å². The summed E-state index contributed by atoms with van der Waals surface area (Å²) in [6, 6.07) is 7.20. The van der Waals surface area contributed by atoms with E-state index in [2.05, 4.69) is 7.11 Å². The van der Waals surface area contributed by atoms with E-state index < -0.39 is 5.60 Å². The van der Waals surface area contributed by atoms with Crippen LogP contribution in [0.25, 0.3) is 0 Å².